The number of hydrogen-bond donors (Lipinski definition) is 1. The lowest BCUT2D eigenvalue weighted by Crippen LogP contribution is -2.45. The predicted octanol–water partition coefficient (Wildman–Crippen LogP) is 4.05. The van der Waals surface area contributed by atoms with Gasteiger partial charge in [0.1, 0.15) is 5.82 Å². The van der Waals surface area contributed by atoms with Crippen LogP contribution in [0.25, 0.3) is 0 Å². The minimum Gasteiger partial charge on any atom is -0.440 e. The lowest BCUT2D eigenvalue weighted by atomic mass is 9.92. The van der Waals surface area contributed by atoms with Gasteiger partial charge in [0.25, 0.3) is 0 Å². The van der Waals surface area contributed by atoms with Gasteiger partial charge >= 0.3 is 12.3 Å². The number of alkyl halides is 3. The molecule has 0 unspecified atom stereocenters. The van der Waals surface area contributed by atoms with Crippen molar-refractivity contribution in [1.29, 1.82) is 0 Å². The fourth-order valence-corrected chi connectivity index (χ4v) is 3.14. The molecule has 1 saturated heterocycles. The van der Waals surface area contributed by atoms with Crippen molar-refractivity contribution in [1.82, 2.24) is 10.2 Å². The summed E-state index contributed by atoms with van der Waals surface area (Å²) >= 11 is 0. The molecule has 1 aromatic carbocycles. The number of benzene rings is 1. The Bertz CT molecular complexity index is 669. The van der Waals surface area contributed by atoms with Crippen LogP contribution in [-0.2, 0) is 9.53 Å². The number of hydrogen-bond acceptors (Lipinski definition) is 3. The highest BCUT2D eigenvalue weighted by Crippen LogP contribution is 2.25. The highest BCUT2D eigenvalue weighted by Gasteiger charge is 2.33. The summed E-state index contributed by atoms with van der Waals surface area (Å²) in [4.78, 5) is 25.5. The van der Waals surface area contributed by atoms with Crippen LogP contribution in [0.1, 0.15) is 38.3 Å². The summed E-state index contributed by atoms with van der Waals surface area (Å²) in [5.41, 5.74) is 0.790. The zero-order chi connectivity index (χ0) is 20.9. The van der Waals surface area contributed by atoms with Crippen molar-refractivity contribution in [3.05, 3.63) is 35.6 Å². The Hall–Kier alpha value is -2.32. The first-order chi connectivity index (χ1) is 13.1. The molecule has 0 bridgehead atoms. The van der Waals surface area contributed by atoms with E-state index in [9.17, 15) is 27.2 Å². The minimum atomic E-state index is -4.57. The monoisotopic (exact) mass is 404 g/mol. The molecule has 1 aliphatic heterocycles. The zero-order valence-corrected chi connectivity index (χ0v) is 15.8. The molecule has 5 nitrogen and oxygen atoms in total. The van der Waals surface area contributed by atoms with E-state index in [1.54, 1.807) is 12.1 Å². The Morgan fingerprint density at radius 3 is 2.25 bits per heavy atom. The molecule has 1 atom stereocenters. The molecule has 0 aliphatic carbocycles. The van der Waals surface area contributed by atoms with E-state index in [1.807, 2.05) is 13.8 Å². The van der Waals surface area contributed by atoms with Gasteiger partial charge < -0.3 is 15.0 Å². The molecule has 2 rings (SSSR count). The molecule has 2 amide bonds. The van der Waals surface area contributed by atoms with E-state index in [-0.39, 0.29) is 42.7 Å². The van der Waals surface area contributed by atoms with Crippen LogP contribution in [0.2, 0.25) is 0 Å². The number of carbonyl (C=O) groups is 2. The summed E-state index contributed by atoms with van der Waals surface area (Å²) in [6, 6.07) is 5.63. The Morgan fingerprint density at radius 2 is 1.75 bits per heavy atom. The fraction of sp³-hybridized carbons (Fsp3) is 0.579. The molecule has 0 spiro atoms. The second kappa shape index (κ2) is 9.25. The highest BCUT2D eigenvalue weighted by atomic mass is 19.4. The van der Waals surface area contributed by atoms with Crippen LogP contribution in [0.3, 0.4) is 0 Å². The van der Waals surface area contributed by atoms with Crippen molar-refractivity contribution < 1.29 is 31.9 Å². The number of piperidine rings is 1. The Morgan fingerprint density at radius 1 is 1.18 bits per heavy atom. The summed E-state index contributed by atoms with van der Waals surface area (Å²) in [6.07, 6.45) is -4.93. The summed E-state index contributed by atoms with van der Waals surface area (Å²) in [6.45, 7) is 2.55. The predicted molar refractivity (Wildman–Crippen MR) is 93.8 cm³/mol. The zero-order valence-electron chi connectivity index (χ0n) is 15.8. The van der Waals surface area contributed by atoms with Gasteiger partial charge in [-0.05, 0) is 36.5 Å². The van der Waals surface area contributed by atoms with E-state index in [0.29, 0.717) is 12.8 Å². The highest BCUT2D eigenvalue weighted by molar-refractivity contribution is 5.79. The lowest BCUT2D eigenvalue weighted by molar-refractivity contribution is -0.162. The van der Waals surface area contributed by atoms with Crippen molar-refractivity contribution in [3.63, 3.8) is 0 Å². The second-order valence-electron chi connectivity index (χ2n) is 7.21. The SMILES string of the molecule is CC(C)[C@@H](NC(=O)C1CCN(C(=O)OCC(F)(F)F)CC1)c1ccc(F)cc1. The maximum absolute atomic E-state index is 13.1. The van der Waals surface area contributed by atoms with E-state index in [1.165, 1.54) is 17.0 Å². The fourth-order valence-electron chi connectivity index (χ4n) is 3.14. The number of ether oxygens (including phenoxy) is 1. The second-order valence-corrected chi connectivity index (χ2v) is 7.21. The normalized spacial score (nSPS) is 16.8. The topological polar surface area (TPSA) is 58.6 Å². The Balaban J connectivity index is 1.88. The van der Waals surface area contributed by atoms with Crippen LogP contribution < -0.4 is 5.32 Å². The molecule has 1 fully saturated rings. The van der Waals surface area contributed by atoms with E-state index in [2.05, 4.69) is 10.1 Å². The lowest BCUT2D eigenvalue weighted by Gasteiger charge is -2.32. The van der Waals surface area contributed by atoms with Crippen molar-refractivity contribution in [3.8, 4) is 0 Å². The molecule has 0 aromatic heterocycles. The van der Waals surface area contributed by atoms with Gasteiger partial charge in [0.05, 0.1) is 6.04 Å². The molecule has 0 saturated carbocycles. The van der Waals surface area contributed by atoms with Gasteiger partial charge in [0.2, 0.25) is 5.91 Å². The first kappa shape index (κ1) is 22.0. The minimum absolute atomic E-state index is 0.0758. The van der Waals surface area contributed by atoms with Crippen LogP contribution in [0.15, 0.2) is 24.3 Å². The van der Waals surface area contributed by atoms with Crippen molar-refractivity contribution in [2.75, 3.05) is 19.7 Å². The summed E-state index contributed by atoms with van der Waals surface area (Å²) in [7, 11) is 0. The molecule has 0 radical (unpaired) electrons. The van der Waals surface area contributed by atoms with Gasteiger partial charge in [-0.25, -0.2) is 9.18 Å². The number of rotatable bonds is 5. The average molecular weight is 404 g/mol. The van der Waals surface area contributed by atoms with Crippen LogP contribution >= 0.6 is 0 Å². The Labute approximate surface area is 161 Å². The summed E-state index contributed by atoms with van der Waals surface area (Å²) in [5, 5.41) is 2.97. The van der Waals surface area contributed by atoms with E-state index >= 15 is 0 Å². The molecule has 1 aromatic rings. The van der Waals surface area contributed by atoms with E-state index in [4.69, 9.17) is 0 Å². The number of likely N-dealkylation sites (tertiary alicyclic amines) is 1. The third kappa shape index (κ3) is 6.38. The smallest absolute Gasteiger partial charge is 0.422 e. The van der Waals surface area contributed by atoms with Gasteiger partial charge in [-0.1, -0.05) is 26.0 Å². The Kier molecular flexibility index (Phi) is 7.26. The molecule has 1 N–H and O–H groups in total. The van der Waals surface area contributed by atoms with Gasteiger partial charge in [-0.3, -0.25) is 4.79 Å². The van der Waals surface area contributed by atoms with Gasteiger partial charge in [0, 0.05) is 19.0 Å². The molecule has 1 heterocycles. The largest absolute Gasteiger partial charge is 0.440 e. The van der Waals surface area contributed by atoms with Crippen molar-refractivity contribution >= 4 is 12.0 Å². The third-order valence-electron chi connectivity index (χ3n) is 4.68. The van der Waals surface area contributed by atoms with Crippen LogP contribution in [0, 0.1) is 17.7 Å². The van der Waals surface area contributed by atoms with Crippen LogP contribution in [-0.4, -0.2) is 42.8 Å². The first-order valence-electron chi connectivity index (χ1n) is 9.11. The summed E-state index contributed by atoms with van der Waals surface area (Å²) < 4.78 is 53.8. The maximum Gasteiger partial charge on any atom is 0.422 e. The van der Waals surface area contributed by atoms with Crippen molar-refractivity contribution in [2.45, 2.75) is 38.9 Å². The van der Waals surface area contributed by atoms with Crippen LogP contribution in [0.5, 0.6) is 0 Å². The summed E-state index contributed by atoms with van der Waals surface area (Å²) in [5.74, 6) is -0.825. The molecular formula is C19H24F4N2O3. The number of amides is 2. The van der Waals surface area contributed by atoms with Crippen molar-refractivity contribution in [2.24, 2.45) is 11.8 Å². The van der Waals surface area contributed by atoms with Crippen LogP contribution in [0.4, 0.5) is 22.4 Å². The number of nitrogens with zero attached hydrogens (tertiary/aromatic N) is 1. The molecule has 1 aliphatic rings. The third-order valence-corrected chi connectivity index (χ3v) is 4.68. The number of halogens is 4. The average Bonchev–Trinajstić information content (AvgIpc) is 2.64. The van der Waals surface area contributed by atoms with E-state index in [0.717, 1.165) is 5.56 Å². The number of carbonyl (C=O) groups excluding carboxylic acids is 2. The standard InChI is InChI=1S/C19H24F4N2O3/c1-12(2)16(13-3-5-15(20)6-4-13)24-17(26)14-7-9-25(10-8-14)18(27)28-11-19(21,22)23/h3-6,12,14,16H,7-11H2,1-2H3,(H,24,26)/t16-/m1/s1. The molecule has 9 heteroatoms. The molecule has 156 valence electrons. The molecule has 28 heavy (non-hydrogen) atoms. The van der Waals surface area contributed by atoms with Gasteiger partial charge in [-0.2, -0.15) is 13.2 Å². The van der Waals surface area contributed by atoms with E-state index < -0.39 is 18.9 Å². The van der Waals surface area contributed by atoms with Gasteiger partial charge in [-0.15, -0.1) is 0 Å². The molecular weight excluding hydrogens is 380 g/mol. The number of nitrogens with one attached hydrogen (secondary N) is 1. The quantitative estimate of drug-likeness (QED) is 0.754. The maximum atomic E-state index is 13.1. The van der Waals surface area contributed by atoms with Gasteiger partial charge in [0.15, 0.2) is 6.61 Å². The first-order valence-corrected chi connectivity index (χ1v) is 9.11.